The van der Waals surface area contributed by atoms with Crippen molar-refractivity contribution in [1.29, 1.82) is 0 Å². The van der Waals surface area contributed by atoms with Crippen molar-refractivity contribution >= 4 is 50.6 Å². The van der Waals surface area contributed by atoms with Crippen molar-refractivity contribution in [2.24, 2.45) is 0 Å². The number of nitrogens with one attached hydrogen (secondary N) is 2. The van der Waals surface area contributed by atoms with E-state index in [2.05, 4.69) is 26.6 Å². The fourth-order valence-electron chi connectivity index (χ4n) is 1.96. The number of anilines is 2. The van der Waals surface area contributed by atoms with Gasteiger partial charge >= 0.3 is 5.97 Å². The first-order valence-corrected chi connectivity index (χ1v) is 8.31. The molecule has 0 aliphatic heterocycles. The van der Waals surface area contributed by atoms with E-state index in [1.54, 1.807) is 31.2 Å². The van der Waals surface area contributed by atoms with Crippen LogP contribution in [0, 0.1) is 6.92 Å². The quantitative estimate of drug-likeness (QED) is 0.580. The Morgan fingerprint density at radius 2 is 1.87 bits per heavy atom. The van der Waals surface area contributed by atoms with E-state index in [-0.39, 0.29) is 5.97 Å². The van der Waals surface area contributed by atoms with Gasteiger partial charge in [0.05, 0.1) is 12.2 Å². The van der Waals surface area contributed by atoms with Gasteiger partial charge in [-0.15, -0.1) is 0 Å². The monoisotopic (exact) mass is 392 g/mol. The standard InChI is InChI=1S/C17H17BrN2O2S/c1-3-22-16(21)12-4-7-14(8-5-12)19-17(23)20-15-9-6-13(18)10-11(15)2/h4-10H,3H2,1-2H3,(H2,19,20,23). The lowest BCUT2D eigenvalue weighted by atomic mass is 10.2. The molecular formula is C17H17BrN2O2S. The zero-order chi connectivity index (χ0) is 16.8. The second kappa shape index (κ2) is 8.08. The Bertz CT molecular complexity index is 717. The first kappa shape index (κ1) is 17.4. The van der Waals surface area contributed by atoms with Gasteiger partial charge in [-0.05, 0) is 74.1 Å². The minimum Gasteiger partial charge on any atom is -0.462 e. The van der Waals surface area contributed by atoms with Crippen LogP contribution in [0.15, 0.2) is 46.9 Å². The Labute approximate surface area is 149 Å². The molecule has 6 heteroatoms. The Hall–Kier alpha value is -1.92. The smallest absolute Gasteiger partial charge is 0.338 e. The minimum atomic E-state index is -0.328. The molecule has 0 amide bonds. The number of hydrogen-bond acceptors (Lipinski definition) is 3. The van der Waals surface area contributed by atoms with E-state index in [1.807, 2.05) is 25.1 Å². The molecule has 0 radical (unpaired) electrons. The van der Waals surface area contributed by atoms with Crippen LogP contribution in [-0.2, 0) is 4.74 Å². The fourth-order valence-corrected chi connectivity index (χ4v) is 2.66. The Morgan fingerprint density at radius 3 is 2.48 bits per heavy atom. The van der Waals surface area contributed by atoms with Crippen LogP contribution in [0.4, 0.5) is 11.4 Å². The lowest BCUT2D eigenvalue weighted by Gasteiger charge is -2.13. The Morgan fingerprint density at radius 1 is 1.17 bits per heavy atom. The first-order valence-electron chi connectivity index (χ1n) is 7.11. The average molecular weight is 393 g/mol. The molecule has 0 heterocycles. The van der Waals surface area contributed by atoms with E-state index in [4.69, 9.17) is 17.0 Å². The summed E-state index contributed by atoms with van der Waals surface area (Å²) in [5.74, 6) is -0.328. The predicted octanol–water partition coefficient (Wildman–Crippen LogP) is 4.74. The highest BCUT2D eigenvalue weighted by Crippen LogP contribution is 2.20. The van der Waals surface area contributed by atoms with Gasteiger partial charge < -0.3 is 15.4 Å². The number of halogens is 1. The van der Waals surface area contributed by atoms with Gasteiger partial charge in [0.15, 0.2) is 5.11 Å². The molecule has 0 fully saturated rings. The summed E-state index contributed by atoms with van der Waals surface area (Å²) >= 11 is 8.74. The zero-order valence-electron chi connectivity index (χ0n) is 12.9. The highest BCUT2D eigenvalue weighted by molar-refractivity contribution is 9.10. The summed E-state index contributed by atoms with van der Waals surface area (Å²) in [5, 5.41) is 6.72. The van der Waals surface area contributed by atoms with E-state index in [1.165, 1.54) is 0 Å². The number of hydrogen-bond donors (Lipinski definition) is 2. The lowest BCUT2D eigenvalue weighted by Crippen LogP contribution is -2.19. The van der Waals surface area contributed by atoms with Crippen molar-refractivity contribution < 1.29 is 9.53 Å². The summed E-state index contributed by atoms with van der Waals surface area (Å²) in [5.41, 5.74) is 3.33. The van der Waals surface area contributed by atoms with Gasteiger partial charge in [-0.3, -0.25) is 0 Å². The third-order valence-electron chi connectivity index (χ3n) is 3.09. The molecule has 2 aromatic carbocycles. The van der Waals surface area contributed by atoms with Crippen LogP contribution in [-0.4, -0.2) is 17.7 Å². The minimum absolute atomic E-state index is 0.328. The summed E-state index contributed by atoms with van der Waals surface area (Å²) in [4.78, 5) is 11.6. The van der Waals surface area contributed by atoms with Gasteiger partial charge in [0.1, 0.15) is 0 Å². The van der Waals surface area contributed by atoms with E-state index in [0.29, 0.717) is 17.3 Å². The predicted molar refractivity (Wildman–Crippen MR) is 101 cm³/mol. The molecule has 0 atom stereocenters. The summed E-state index contributed by atoms with van der Waals surface area (Å²) in [6.45, 7) is 4.14. The maximum Gasteiger partial charge on any atom is 0.338 e. The Kier molecular flexibility index (Phi) is 6.12. The second-order valence-corrected chi connectivity index (χ2v) is 6.16. The second-order valence-electron chi connectivity index (χ2n) is 4.84. The number of aryl methyl sites for hydroxylation is 1. The van der Waals surface area contributed by atoms with Gasteiger partial charge in [0.25, 0.3) is 0 Å². The number of carbonyl (C=O) groups is 1. The summed E-state index contributed by atoms with van der Waals surface area (Å²) in [6.07, 6.45) is 0. The number of benzene rings is 2. The van der Waals surface area contributed by atoms with E-state index < -0.39 is 0 Å². The van der Waals surface area contributed by atoms with Crippen molar-refractivity contribution in [3.63, 3.8) is 0 Å². The summed E-state index contributed by atoms with van der Waals surface area (Å²) in [6, 6.07) is 12.9. The topological polar surface area (TPSA) is 50.4 Å². The maximum atomic E-state index is 11.6. The molecule has 0 unspecified atom stereocenters. The molecule has 2 N–H and O–H groups in total. The fraction of sp³-hybridized carbons (Fsp3) is 0.176. The van der Waals surface area contributed by atoms with E-state index in [9.17, 15) is 4.79 Å². The van der Waals surface area contributed by atoms with Crippen molar-refractivity contribution in [1.82, 2.24) is 0 Å². The number of esters is 1. The Balaban J connectivity index is 1.98. The van der Waals surface area contributed by atoms with Crippen LogP contribution in [0.2, 0.25) is 0 Å². The molecular weight excluding hydrogens is 376 g/mol. The number of ether oxygens (including phenoxy) is 1. The molecule has 0 spiro atoms. The average Bonchev–Trinajstić information content (AvgIpc) is 2.51. The van der Waals surface area contributed by atoms with E-state index in [0.717, 1.165) is 21.4 Å². The van der Waals surface area contributed by atoms with Crippen LogP contribution < -0.4 is 10.6 Å². The first-order chi connectivity index (χ1) is 11.0. The largest absolute Gasteiger partial charge is 0.462 e. The molecule has 120 valence electrons. The van der Waals surface area contributed by atoms with Crippen molar-refractivity contribution in [2.75, 3.05) is 17.2 Å². The van der Waals surface area contributed by atoms with Gasteiger partial charge in [-0.25, -0.2) is 4.79 Å². The number of rotatable bonds is 4. The zero-order valence-corrected chi connectivity index (χ0v) is 15.3. The third-order valence-corrected chi connectivity index (χ3v) is 3.79. The van der Waals surface area contributed by atoms with Crippen LogP contribution in [0.1, 0.15) is 22.8 Å². The SMILES string of the molecule is CCOC(=O)c1ccc(NC(=S)Nc2ccc(Br)cc2C)cc1. The normalized spacial score (nSPS) is 10.0. The molecule has 0 bridgehead atoms. The summed E-state index contributed by atoms with van der Waals surface area (Å²) in [7, 11) is 0. The van der Waals surface area contributed by atoms with E-state index >= 15 is 0 Å². The van der Waals surface area contributed by atoms with Crippen LogP contribution in [0.3, 0.4) is 0 Å². The molecule has 0 saturated heterocycles. The van der Waals surface area contributed by atoms with Crippen LogP contribution >= 0.6 is 28.1 Å². The molecule has 2 rings (SSSR count). The molecule has 0 aliphatic rings. The van der Waals surface area contributed by atoms with Crippen LogP contribution in [0.5, 0.6) is 0 Å². The summed E-state index contributed by atoms with van der Waals surface area (Å²) < 4.78 is 5.97. The van der Waals surface area contributed by atoms with Gasteiger partial charge in [0.2, 0.25) is 0 Å². The molecule has 23 heavy (non-hydrogen) atoms. The van der Waals surface area contributed by atoms with Crippen molar-refractivity contribution in [3.05, 3.63) is 58.1 Å². The van der Waals surface area contributed by atoms with Gasteiger partial charge in [-0.2, -0.15) is 0 Å². The maximum absolute atomic E-state index is 11.6. The molecule has 0 saturated carbocycles. The highest BCUT2D eigenvalue weighted by Gasteiger charge is 2.06. The molecule has 2 aromatic rings. The lowest BCUT2D eigenvalue weighted by molar-refractivity contribution is 0.0526. The van der Waals surface area contributed by atoms with Crippen molar-refractivity contribution in [3.8, 4) is 0 Å². The van der Waals surface area contributed by atoms with Crippen molar-refractivity contribution in [2.45, 2.75) is 13.8 Å². The molecule has 4 nitrogen and oxygen atoms in total. The van der Waals surface area contributed by atoms with Gasteiger partial charge in [-0.1, -0.05) is 15.9 Å². The molecule has 0 aliphatic carbocycles. The number of thiocarbonyl (C=S) groups is 1. The van der Waals surface area contributed by atoms with Gasteiger partial charge in [0, 0.05) is 15.8 Å². The molecule has 0 aromatic heterocycles. The van der Waals surface area contributed by atoms with Crippen LogP contribution in [0.25, 0.3) is 0 Å². The third kappa shape index (κ3) is 5.04. The number of carbonyl (C=O) groups excluding carboxylic acids is 1. The highest BCUT2D eigenvalue weighted by atomic mass is 79.9.